The average molecular weight is 344 g/mol. The standard InChI is InChI=1S/C20H28N2O3/c1-15-6-2-3-9-18(15)25-14-19(23)21-17-8-4-7-16(12-17)13-22-11-5-10-20(22)24/h4,7-8,12,15,18H,2-3,5-6,9-11,13-14H2,1H3,(H,21,23)/t15-,18+/m0/s1. The van der Waals surface area contributed by atoms with Gasteiger partial charge in [-0.15, -0.1) is 0 Å². The Morgan fingerprint density at radius 1 is 1.28 bits per heavy atom. The molecule has 1 aromatic rings. The molecule has 1 saturated carbocycles. The summed E-state index contributed by atoms with van der Waals surface area (Å²) in [7, 11) is 0. The molecule has 1 aliphatic heterocycles. The molecule has 1 saturated heterocycles. The van der Waals surface area contributed by atoms with Gasteiger partial charge in [0.2, 0.25) is 11.8 Å². The highest BCUT2D eigenvalue weighted by molar-refractivity contribution is 5.91. The van der Waals surface area contributed by atoms with Crippen molar-refractivity contribution in [3.8, 4) is 0 Å². The highest BCUT2D eigenvalue weighted by Crippen LogP contribution is 2.26. The van der Waals surface area contributed by atoms with Crippen LogP contribution in [-0.2, 0) is 20.9 Å². The van der Waals surface area contributed by atoms with Crippen molar-refractivity contribution in [2.75, 3.05) is 18.5 Å². The van der Waals surface area contributed by atoms with Gasteiger partial charge in [-0.3, -0.25) is 9.59 Å². The zero-order valence-electron chi connectivity index (χ0n) is 15.0. The lowest BCUT2D eigenvalue weighted by Gasteiger charge is -2.28. The Kier molecular flexibility index (Phi) is 6.08. The second-order valence-corrected chi connectivity index (χ2v) is 7.28. The van der Waals surface area contributed by atoms with Crippen LogP contribution in [0.2, 0.25) is 0 Å². The summed E-state index contributed by atoms with van der Waals surface area (Å²) in [5.74, 6) is 0.625. The van der Waals surface area contributed by atoms with Crippen LogP contribution in [0.15, 0.2) is 24.3 Å². The third-order valence-corrected chi connectivity index (χ3v) is 5.22. The molecule has 0 aromatic heterocycles. The van der Waals surface area contributed by atoms with Gasteiger partial charge in [0.15, 0.2) is 0 Å². The van der Waals surface area contributed by atoms with Crippen molar-refractivity contribution in [1.82, 2.24) is 4.90 Å². The molecule has 1 aromatic carbocycles. The van der Waals surface area contributed by atoms with E-state index in [1.165, 1.54) is 19.3 Å². The molecule has 0 unspecified atom stereocenters. The Labute approximate surface area is 149 Å². The van der Waals surface area contributed by atoms with Gasteiger partial charge in [0.1, 0.15) is 6.61 Å². The molecular weight excluding hydrogens is 316 g/mol. The molecule has 136 valence electrons. The first-order chi connectivity index (χ1) is 12.1. The molecule has 5 heteroatoms. The number of likely N-dealkylation sites (tertiary alicyclic amines) is 1. The van der Waals surface area contributed by atoms with Crippen LogP contribution in [0.5, 0.6) is 0 Å². The first kappa shape index (κ1) is 17.9. The smallest absolute Gasteiger partial charge is 0.250 e. The molecule has 1 heterocycles. The predicted molar refractivity (Wildman–Crippen MR) is 97.1 cm³/mol. The summed E-state index contributed by atoms with van der Waals surface area (Å²) in [5.41, 5.74) is 1.80. The van der Waals surface area contributed by atoms with Gasteiger partial charge >= 0.3 is 0 Å². The molecule has 0 radical (unpaired) electrons. The minimum Gasteiger partial charge on any atom is -0.368 e. The molecule has 2 amide bonds. The van der Waals surface area contributed by atoms with E-state index in [4.69, 9.17) is 4.74 Å². The number of anilines is 1. The second-order valence-electron chi connectivity index (χ2n) is 7.28. The van der Waals surface area contributed by atoms with Gasteiger partial charge in [0.05, 0.1) is 6.10 Å². The molecular formula is C20H28N2O3. The van der Waals surface area contributed by atoms with Crippen LogP contribution >= 0.6 is 0 Å². The summed E-state index contributed by atoms with van der Waals surface area (Å²) in [6, 6.07) is 7.71. The van der Waals surface area contributed by atoms with Gasteiger partial charge in [0.25, 0.3) is 0 Å². The first-order valence-electron chi connectivity index (χ1n) is 9.40. The monoisotopic (exact) mass is 344 g/mol. The van der Waals surface area contributed by atoms with Gasteiger partial charge in [0, 0.05) is 25.2 Å². The van der Waals surface area contributed by atoms with Crippen molar-refractivity contribution in [3.63, 3.8) is 0 Å². The Morgan fingerprint density at radius 2 is 2.12 bits per heavy atom. The Bertz CT molecular complexity index is 617. The Hall–Kier alpha value is -1.88. The lowest BCUT2D eigenvalue weighted by molar-refractivity contribution is -0.128. The minimum absolute atomic E-state index is 0.101. The highest BCUT2D eigenvalue weighted by Gasteiger charge is 2.23. The number of carbonyl (C=O) groups excluding carboxylic acids is 2. The summed E-state index contributed by atoms with van der Waals surface area (Å²) in [6.07, 6.45) is 6.47. The maximum absolute atomic E-state index is 12.2. The number of hydrogen-bond acceptors (Lipinski definition) is 3. The molecule has 1 aliphatic carbocycles. The number of amides is 2. The number of rotatable bonds is 6. The fraction of sp³-hybridized carbons (Fsp3) is 0.600. The zero-order chi connectivity index (χ0) is 17.6. The first-order valence-corrected chi connectivity index (χ1v) is 9.40. The Morgan fingerprint density at radius 3 is 2.88 bits per heavy atom. The SMILES string of the molecule is C[C@H]1CCCC[C@H]1OCC(=O)Nc1cccc(CN2CCCC2=O)c1. The third kappa shape index (κ3) is 5.05. The van der Waals surface area contributed by atoms with E-state index in [1.54, 1.807) is 0 Å². The molecule has 0 bridgehead atoms. The van der Waals surface area contributed by atoms with Gasteiger partial charge < -0.3 is 15.0 Å². The van der Waals surface area contributed by atoms with Crippen molar-refractivity contribution in [3.05, 3.63) is 29.8 Å². The molecule has 2 atom stereocenters. The van der Waals surface area contributed by atoms with Crippen LogP contribution in [0.3, 0.4) is 0 Å². The zero-order valence-corrected chi connectivity index (χ0v) is 15.0. The lowest BCUT2D eigenvalue weighted by atomic mass is 9.88. The fourth-order valence-corrected chi connectivity index (χ4v) is 3.75. The summed E-state index contributed by atoms with van der Waals surface area (Å²) in [4.78, 5) is 25.8. The van der Waals surface area contributed by atoms with Crippen molar-refractivity contribution in [2.24, 2.45) is 5.92 Å². The van der Waals surface area contributed by atoms with Gasteiger partial charge in [-0.25, -0.2) is 0 Å². The summed E-state index contributed by atoms with van der Waals surface area (Å²) in [6.45, 7) is 3.73. The Balaban J connectivity index is 1.49. The van der Waals surface area contributed by atoms with Crippen molar-refractivity contribution < 1.29 is 14.3 Å². The number of hydrogen-bond donors (Lipinski definition) is 1. The molecule has 5 nitrogen and oxygen atoms in total. The van der Waals surface area contributed by atoms with E-state index in [1.807, 2.05) is 29.2 Å². The average Bonchev–Trinajstić information content (AvgIpc) is 2.99. The van der Waals surface area contributed by atoms with Gasteiger partial charge in [-0.2, -0.15) is 0 Å². The van der Waals surface area contributed by atoms with E-state index in [-0.39, 0.29) is 24.5 Å². The quantitative estimate of drug-likeness (QED) is 0.861. The lowest BCUT2D eigenvalue weighted by Crippen LogP contribution is -2.29. The van der Waals surface area contributed by atoms with Crippen LogP contribution < -0.4 is 5.32 Å². The van der Waals surface area contributed by atoms with Gasteiger partial charge in [-0.1, -0.05) is 31.9 Å². The number of carbonyl (C=O) groups is 2. The van der Waals surface area contributed by atoms with E-state index >= 15 is 0 Å². The van der Waals surface area contributed by atoms with E-state index < -0.39 is 0 Å². The topological polar surface area (TPSA) is 58.6 Å². The maximum Gasteiger partial charge on any atom is 0.250 e. The maximum atomic E-state index is 12.2. The number of ether oxygens (including phenoxy) is 1. The van der Waals surface area contributed by atoms with Crippen LogP contribution in [0.25, 0.3) is 0 Å². The van der Waals surface area contributed by atoms with E-state index in [9.17, 15) is 9.59 Å². The van der Waals surface area contributed by atoms with E-state index in [0.29, 0.717) is 18.9 Å². The van der Waals surface area contributed by atoms with Crippen molar-refractivity contribution in [1.29, 1.82) is 0 Å². The van der Waals surface area contributed by atoms with Crippen LogP contribution in [-0.4, -0.2) is 36.0 Å². The normalized spacial score (nSPS) is 23.7. The van der Waals surface area contributed by atoms with Crippen molar-refractivity contribution >= 4 is 17.5 Å². The fourth-order valence-electron chi connectivity index (χ4n) is 3.75. The largest absolute Gasteiger partial charge is 0.368 e. The number of nitrogens with zero attached hydrogens (tertiary/aromatic N) is 1. The van der Waals surface area contributed by atoms with Crippen LogP contribution in [0.1, 0.15) is 51.0 Å². The van der Waals surface area contributed by atoms with Gasteiger partial charge in [-0.05, 0) is 42.9 Å². The van der Waals surface area contributed by atoms with Crippen LogP contribution in [0.4, 0.5) is 5.69 Å². The molecule has 1 N–H and O–H groups in total. The molecule has 25 heavy (non-hydrogen) atoms. The van der Waals surface area contributed by atoms with Crippen LogP contribution in [0, 0.1) is 5.92 Å². The minimum atomic E-state index is -0.118. The summed E-state index contributed by atoms with van der Waals surface area (Å²) >= 11 is 0. The van der Waals surface area contributed by atoms with Crippen molar-refractivity contribution in [2.45, 2.75) is 58.1 Å². The van der Waals surface area contributed by atoms with E-state index in [2.05, 4.69) is 12.2 Å². The van der Waals surface area contributed by atoms with E-state index in [0.717, 1.165) is 30.6 Å². The molecule has 2 aliphatic rings. The number of nitrogens with one attached hydrogen (secondary N) is 1. The predicted octanol–water partition coefficient (Wildman–Crippen LogP) is 3.34. The molecule has 2 fully saturated rings. The second kappa shape index (κ2) is 8.48. The summed E-state index contributed by atoms with van der Waals surface area (Å²) in [5, 5.41) is 2.91. The third-order valence-electron chi connectivity index (χ3n) is 5.22. The molecule has 3 rings (SSSR count). The highest BCUT2D eigenvalue weighted by atomic mass is 16.5. The summed E-state index contributed by atoms with van der Waals surface area (Å²) < 4.78 is 5.82. The number of benzene rings is 1. The molecule has 0 spiro atoms.